The van der Waals surface area contributed by atoms with Gasteiger partial charge in [0.2, 0.25) is 0 Å². The summed E-state index contributed by atoms with van der Waals surface area (Å²) in [5.41, 5.74) is 7.03. The summed E-state index contributed by atoms with van der Waals surface area (Å²) in [7, 11) is 0. The Morgan fingerprint density at radius 1 is 1.38 bits per heavy atom. The molecule has 0 fully saturated rings. The number of carbonyl (C=O) groups is 1. The normalized spacial score (nSPS) is 18.2. The maximum absolute atomic E-state index is 11.4. The Hall–Kier alpha value is -1.51. The van der Waals surface area contributed by atoms with Crippen molar-refractivity contribution in [2.45, 2.75) is 19.4 Å². The van der Waals surface area contributed by atoms with Gasteiger partial charge >= 0.3 is 5.97 Å². The van der Waals surface area contributed by atoms with Gasteiger partial charge in [0.15, 0.2) is 0 Å². The van der Waals surface area contributed by atoms with Crippen LogP contribution in [0, 0.1) is 0 Å². The van der Waals surface area contributed by atoms with E-state index in [1.165, 1.54) is 0 Å². The third-order valence-corrected chi connectivity index (χ3v) is 2.30. The van der Waals surface area contributed by atoms with Gasteiger partial charge in [-0.25, -0.2) is 4.79 Å². The summed E-state index contributed by atoms with van der Waals surface area (Å²) in [5, 5.41) is 0. The summed E-state index contributed by atoms with van der Waals surface area (Å²) in [6.07, 6.45) is 0. The molecule has 1 aliphatic rings. The van der Waals surface area contributed by atoms with Crippen molar-refractivity contribution in [1.29, 1.82) is 0 Å². The highest BCUT2D eigenvalue weighted by molar-refractivity contribution is 5.99. The van der Waals surface area contributed by atoms with Gasteiger partial charge in [0.25, 0.3) is 0 Å². The smallest absolute Gasteiger partial charge is 0.341 e. The zero-order valence-corrected chi connectivity index (χ0v) is 7.63. The molecule has 0 amide bonds. The predicted molar refractivity (Wildman–Crippen MR) is 49.3 cm³/mol. The molecule has 3 heteroatoms. The lowest BCUT2D eigenvalue weighted by Crippen LogP contribution is -2.15. The quantitative estimate of drug-likeness (QED) is 0.484. The van der Waals surface area contributed by atoms with E-state index in [0.29, 0.717) is 11.3 Å². The predicted octanol–water partition coefficient (Wildman–Crippen LogP) is 1.67. The molecular weight excluding hydrogens is 166 g/mol. The molecule has 13 heavy (non-hydrogen) atoms. The van der Waals surface area contributed by atoms with Gasteiger partial charge in [-0.05, 0) is 19.9 Å². The minimum Gasteiger partial charge on any atom is -0.451 e. The number of nitrogen functional groups attached to an aromatic ring is 1. The lowest BCUT2D eigenvalue weighted by Gasteiger charge is -2.17. The van der Waals surface area contributed by atoms with Crippen molar-refractivity contribution in [3.05, 3.63) is 29.3 Å². The molecule has 0 radical (unpaired) electrons. The summed E-state index contributed by atoms with van der Waals surface area (Å²) in [6, 6.07) is 5.41. The molecular formula is C10H11NO2. The third kappa shape index (κ3) is 1.00. The van der Waals surface area contributed by atoms with Gasteiger partial charge in [-0.2, -0.15) is 0 Å². The first-order chi connectivity index (χ1) is 6.02. The maximum atomic E-state index is 11.4. The van der Waals surface area contributed by atoms with Crippen LogP contribution in [0.25, 0.3) is 0 Å². The molecule has 0 aromatic heterocycles. The number of cyclic esters (lactones) is 1. The molecule has 0 saturated carbocycles. The largest absolute Gasteiger partial charge is 0.451 e. The molecule has 1 aromatic carbocycles. The molecule has 2 N–H and O–H groups in total. The molecule has 2 rings (SSSR count). The Balaban J connectivity index is 2.72. The van der Waals surface area contributed by atoms with E-state index < -0.39 is 5.60 Å². The van der Waals surface area contributed by atoms with Crippen LogP contribution < -0.4 is 5.73 Å². The molecule has 0 aliphatic carbocycles. The molecule has 68 valence electrons. The number of esters is 1. The fourth-order valence-electron chi connectivity index (χ4n) is 1.64. The zero-order valence-electron chi connectivity index (χ0n) is 7.63. The van der Waals surface area contributed by atoms with E-state index in [2.05, 4.69) is 0 Å². The summed E-state index contributed by atoms with van der Waals surface area (Å²) < 4.78 is 5.18. The van der Waals surface area contributed by atoms with Gasteiger partial charge in [-0.15, -0.1) is 0 Å². The van der Waals surface area contributed by atoms with E-state index in [1.54, 1.807) is 6.07 Å². The number of hydrogen-bond acceptors (Lipinski definition) is 3. The second kappa shape index (κ2) is 2.25. The summed E-state index contributed by atoms with van der Waals surface area (Å²) in [4.78, 5) is 11.4. The molecule has 0 bridgehead atoms. The van der Waals surface area contributed by atoms with E-state index in [0.717, 1.165) is 5.56 Å². The fraction of sp³-hybridized carbons (Fsp3) is 0.300. The Morgan fingerprint density at radius 2 is 2.08 bits per heavy atom. The van der Waals surface area contributed by atoms with Gasteiger partial charge < -0.3 is 10.5 Å². The maximum Gasteiger partial charge on any atom is 0.341 e. The Labute approximate surface area is 76.5 Å². The molecule has 0 saturated heterocycles. The first kappa shape index (κ1) is 8.10. The SMILES string of the molecule is CC1(C)OC(=O)c2c(N)cccc21. The van der Waals surface area contributed by atoms with Gasteiger partial charge in [0, 0.05) is 11.3 Å². The van der Waals surface area contributed by atoms with Crippen molar-refractivity contribution < 1.29 is 9.53 Å². The number of carbonyl (C=O) groups excluding carboxylic acids is 1. The van der Waals surface area contributed by atoms with E-state index in [1.807, 2.05) is 26.0 Å². The third-order valence-electron chi connectivity index (χ3n) is 2.30. The second-order valence-corrected chi connectivity index (χ2v) is 3.67. The summed E-state index contributed by atoms with van der Waals surface area (Å²) in [6.45, 7) is 3.71. The highest BCUT2D eigenvalue weighted by Crippen LogP contribution is 2.37. The molecule has 0 unspecified atom stereocenters. The zero-order chi connectivity index (χ0) is 9.64. The lowest BCUT2D eigenvalue weighted by molar-refractivity contribution is 0.00959. The number of anilines is 1. The van der Waals surface area contributed by atoms with Crippen LogP contribution >= 0.6 is 0 Å². The monoisotopic (exact) mass is 177 g/mol. The number of hydrogen-bond donors (Lipinski definition) is 1. The van der Waals surface area contributed by atoms with Crippen molar-refractivity contribution in [3.63, 3.8) is 0 Å². The van der Waals surface area contributed by atoms with Crippen molar-refractivity contribution in [2.24, 2.45) is 0 Å². The Morgan fingerprint density at radius 3 is 2.69 bits per heavy atom. The van der Waals surface area contributed by atoms with Crippen LogP contribution in [0.1, 0.15) is 29.8 Å². The van der Waals surface area contributed by atoms with Crippen molar-refractivity contribution >= 4 is 11.7 Å². The van der Waals surface area contributed by atoms with E-state index >= 15 is 0 Å². The van der Waals surface area contributed by atoms with Crippen LogP contribution in [0.15, 0.2) is 18.2 Å². The molecule has 1 aliphatic heterocycles. The van der Waals surface area contributed by atoms with Crippen LogP contribution in [-0.2, 0) is 10.3 Å². The molecule has 0 spiro atoms. The topological polar surface area (TPSA) is 52.3 Å². The fourth-order valence-corrected chi connectivity index (χ4v) is 1.64. The van der Waals surface area contributed by atoms with Gasteiger partial charge in [0.05, 0.1) is 5.56 Å². The number of rotatable bonds is 0. The van der Waals surface area contributed by atoms with Gasteiger partial charge in [0.1, 0.15) is 5.60 Å². The number of benzene rings is 1. The molecule has 3 nitrogen and oxygen atoms in total. The highest BCUT2D eigenvalue weighted by Gasteiger charge is 2.38. The first-order valence-corrected chi connectivity index (χ1v) is 4.15. The number of ether oxygens (including phenoxy) is 1. The van der Waals surface area contributed by atoms with Crippen LogP contribution in [0.3, 0.4) is 0 Å². The van der Waals surface area contributed by atoms with Crippen molar-refractivity contribution in [2.75, 3.05) is 5.73 Å². The van der Waals surface area contributed by atoms with Gasteiger partial charge in [-0.3, -0.25) is 0 Å². The van der Waals surface area contributed by atoms with Gasteiger partial charge in [-0.1, -0.05) is 12.1 Å². The first-order valence-electron chi connectivity index (χ1n) is 4.15. The average molecular weight is 177 g/mol. The highest BCUT2D eigenvalue weighted by atomic mass is 16.6. The minimum absolute atomic E-state index is 0.321. The summed E-state index contributed by atoms with van der Waals surface area (Å²) in [5.74, 6) is -0.321. The summed E-state index contributed by atoms with van der Waals surface area (Å²) >= 11 is 0. The lowest BCUT2D eigenvalue weighted by atomic mass is 9.95. The van der Waals surface area contributed by atoms with Crippen LogP contribution in [-0.4, -0.2) is 5.97 Å². The molecule has 0 atom stereocenters. The van der Waals surface area contributed by atoms with Crippen molar-refractivity contribution in [3.8, 4) is 0 Å². The average Bonchev–Trinajstić information content (AvgIpc) is 2.24. The Kier molecular flexibility index (Phi) is 1.40. The molecule has 1 aromatic rings. The number of fused-ring (bicyclic) bond motifs is 1. The van der Waals surface area contributed by atoms with Crippen molar-refractivity contribution in [1.82, 2.24) is 0 Å². The van der Waals surface area contributed by atoms with E-state index in [-0.39, 0.29) is 5.97 Å². The van der Waals surface area contributed by atoms with E-state index in [4.69, 9.17) is 10.5 Å². The van der Waals surface area contributed by atoms with Crippen LogP contribution in [0.2, 0.25) is 0 Å². The minimum atomic E-state index is -0.540. The standard InChI is InChI=1S/C10H11NO2/c1-10(2)6-4-3-5-7(11)8(6)9(12)13-10/h3-5H,11H2,1-2H3. The molecule has 1 heterocycles. The van der Waals surface area contributed by atoms with Crippen LogP contribution in [0.5, 0.6) is 0 Å². The van der Waals surface area contributed by atoms with Crippen LogP contribution in [0.4, 0.5) is 5.69 Å². The van der Waals surface area contributed by atoms with E-state index in [9.17, 15) is 4.79 Å². The number of nitrogens with two attached hydrogens (primary N) is 1. The second-order valence-electron chi connectivity index (χ2n) is 3.67. The Bertz CT molecular complexity index is 383.